The summed E-state index contributed by atoms with van der Waals surface area (Å²) >= 11 is 0. The third kappa shape index (κ3) is 3.19. The fourth-order valence-corrected chi connectivity index (χ4v) is 4.77. The Labute approximate surface area is 137 Å². The average Bonchev–Trinajstić information content (AvgIpc) is 2.60. The maximum absolute atomic E-state index is 12.8. The van der Waals surface area contributed by atoms with Gasteiger partial charge in [-0.25, -0.2) is 8.42 Å². The number of hydrogen-bond acceptors (Lipinski definition) is 3. The maximum Gasteiger partial charge on any atom is 0.246 e. The van der Waals surface area contributed by atoms with E-state index < -0.39 is 10.0 Å². The van der Waals surface area contributed by atoms with E-state index >= 15 is 0 Å². The summed E-state index contributed by atoms with van der Waals surface area (Å²) in [4.78, 5) is 13.6. The van der Waals surface area contributed by atoms with Crippen molar-refractivity contribution in [2.24, 2.45) is 0 Å². The van der Waals surface area contributed by atoms with Crippen LogP contribution in [0.25, 0.3) is 0 Å². The van der Waals surface area contributed by atoms with E-state index in [0.717, 1.165) is 24.8 Å². The molecular weight excluding hydrogens is 312 g/mol. The second kappa shape index (κ2) is 6.45. The first-order chi connectivity index (χ1) is 11.0. The van der Waals surface area contributed by atoms with Gasteiger partial charge in [-0.05, 0) is 55.0 Å². The Morgan fingerprint density at radius 1 is 1.04 bits per heavy atom. The van der Waals surface area contributed by atoms with Crippen LogP contribution in [-0.2, 0) is 27.7 Å². The number of carbonyl (C=O) groups excluding carboxylic acids is 1. The first kappa shape index (κ1) is 16.2. The summed E-state index contributed by atoms with van der Waals surface area (Å²) in [6.07, 6.45) is 5.57. The first-order valence-corrected chi connectivity index (χ1v) is 9.49. The minimum absolute atomic E-state index is 0.143. The second-order valence-corrected chi connectivity index (χ2v) is 8.01. The zero-order chi connectivity index (χ0) is 16.4. The van der Waals surface area contributed by atoms with Gasteiger partial charge in [-0.2, -0.15) is 4.31 Å². The van der Waals surface area contributed by atoms with E-state index in [2.05, 4.69) is 6.58 Å². The topological polar surface area (TPSA) is 57.7 Å². The number of fused-ring (bicyclic) bond motifs is 1. The highest BCUT2D eigenvalue weighted by Crippen LogP contribution is 2.26. The molecule has 1 saturated heterocycles. The van der Waals surface area contributed by atoms with Crippen molar-refractivity contribution in [1.29, 1.82) is 0 Å². The number of sulfonamides is 1. The highest BCUT2D eigenvalue weighted by molar-refractivity contribution is 7.89. The van der Waals surface area contributed by atoms with Gasteiger partial charge in [-0.1, -0.05) is 12.6 Å². The quantitative estimate of drug-likeness (QED) is 0.789. The van der Waals surface area contributed by atoms with Gasteiger partial charge in [0.2, 0.25) is 15.9 Å². The lowest BCUT2D eigenvalue weighted by Crippen LogP contribution is -2.50. The van der Waals surface area contributed by atoms with Crippen molar-refractivity contribution in [2.75, 3.05) is 26.2 Å². The predicted octanol–water partition coefficient (Wildman–Crippen LogP) is 1.58. The van der Waals surface area contributed by atoms with E-state index in [9.17, 15) is 13.2 Å². The molecular formula is C17H22N2O3S. The Hall–Kier alpha value is -1.66. The number of nitrogens with zero attached hydrogens (tertiary/aromatic N) is 2. The van der Waals surface area contributed by atoms with Crippen molar-refractivity contribution in [3.05, 3.63) is 42.0 Å². The molecule has 3 rings (SSSR count). The van der Waals surface area contributed by atoms with Gasteiger partial charge in [0.25, 0.3) is 0 Å². The molecule has 1 fully saturated rings. The molecule has 6 heteroatoms. The lowest BCUT2D eigenvalue weighted by atomic mass is 9.92. The van der Waals surface area contributed by atoms with Crippen LogP contribution in [0.2, 0.25) is 0 Å². The maximum atomic E-state index is 12.8. The Balaban J connectivity index is 1.77. The molecule has 0 spiro atoms. The standard InChI is InChI=1S/C17H22N2O3S/c1-2-17(20)18-9-11-19(12-10-18)23(21,22)16-8-7-14-5-3-4-6-15(14)13-16/h2,7-8,13H,1,3-6,9-12H2. The SMILES string of the molecule is C=CC(=O)N1CCN(S(=O)(=O)c2ccc3c(c2)CCCC3)CC1. The van der Waals surface area contributed by atoms with Crippen LogP contribution < -0.4 is 0 Å². The largest absolute Gasteiger partial charge is 0.337 e. The molecule has 1 aliphatic heterocycles. The molecule has 1 aromatic rings. The molecule has 1 heterocycles. The molecule has 23 heavy (non-hydrogen) atoms. The molecule has 0 unspecified atom stereocenters. The predicted molar refractivity (Wildman–Crippen MR) is 88.6 cm³/mol. The second-order valence-electron chi connectivity index (χ2n) is 6.07. The molecule has 0 atom stereocenters. The summed E-state index contributed by atoms with van der Waals surface area (Å²) in [5.41, 5.74) is 2.44. The zero-order valence-electron chi connectivity index (χ0n) is 13.2. The molecule has 1 amide bonds. The highest BCUT2D eigenvalue weighted by atomic mass is 32.2. The summed E-state index contributed by atoms with van der Waals surface area (Å²) < 4.78 is 27.1. The smallest absolute Gasteiger partial charge is 0.246 e. The molecule has 0 N–H and O–H groups in total. The van der Waals surface area contributed by atoms with Gasteiger partial charge in [-0.15, -0.1) is 0 Å². The summed E-state index contributed by atoms with van der Waals surface area (Å²) in [5.74, 6) is -0.143. The molecule has 0 radical (unpaired) electrons. The Morgan fingerprint density at radius 2 is 1.70 bits per heavy atom. The first-order valence-electron chi connectivity index (χ1n) is 8.05. The third-order valence-electron chi connectivity index (χ3n) is 4.68. The lowest BCUT2D eigenvalue weighted by Gasteiger charge is -2.33. The van der Waals surface area contributed by atoms with Crippen LogP contribution in [0.15, 0.2) is 35.7 Å². The van der Waals surface area contributed by atoms with Gasteiger partial charge in [0.1, 0.15) is 0 Å². The molecule has 0 saturated carbocycles. The molecule has 1 aromatic carbocycles. The number of hydrogen-bond donors (Lipinski definition) is 0. The van der Waals surface area contributed by atoms with Crippen molar-refractivity contribution in [2.45, 2.75) is 30.6 Å². The third-order valence-corrected chi connectivity index (χ3v) is 6.58. The molecule has 124 valence electrons. The van der Waals surface area contributed by atoms with Crippen LogP contribution in [0.3, 0.4) is 0 Å². The van der Waals surface area contributed by atoms with Gasteiger partial charge in [0.05, 0.1) is 4.90 Å². The molecule has 2 aliphatic rings. The number of amides is 1. The fourth-order valence-electron chi connectivity index (χ4n) is 3.30. The Kier molecular flexibility index (Phi) is 4.55. The van der Waals surface area contributed by atoms with Crippen LogP contribution in [0.1, 0.15) is 24.0 Å². The fraction of sp³-hybridized carbons (Fsp3) is 0.471. The highest BCUT2D eigenvalue weighted by Gasteiger charge is 2.30. The number of carbonyl (C=O) groups is 1. The van der Waals surface area contributed by atoms with Crippen LogP contribution in [0.4, 0.5) is 0 Å². The number of rotatable bonds is 3. The molecule has 0 aromatic heterocycles. The average molecular weight is 334 g/mol. The molecule has 1 aliphatic carbocycles. The van der Waals surface area contributed by atoms with Crippen molar-refractivity contribution in [3.63, 3.8) is 0 Å². The van der Waals surface area contributed by atoms with Gasteiger partial charge in [0, 0.05) is 26.2 Å². The Bertz CT molecular complexity index is 719. The van der Waals surface area contributed by atoms with E-state index in [-0.39, 0.29) is 5.91 Å². The van der Waals surface area contributed by atoms with Crippen LogP contribution >= 0.6 is 0 Å². The molecule has 0 bridgehead atoms. The van der Waals surface area contributed by atoms with Gasteiger partial charge in [0.15, 0.2) is 0 Å². The van der Waals surface area contributed by atoms with Gasteiger partial charge >= 0.3 is 0 Å². The van der Waals surface area contributed by atoms with Crippen molar-refractivity contribution >= 4 is 15.9 Å². The van der Waals surface area contributed by atoms with Crippen LogP contribution in [-0.4, -0.2) is 49.7 Å². The van der Waals surface area contributed by atoms with Crippen molar-refractivity contribution in [3.8, 4) is 0 Å². The number of benzene rings is 1. The number of aryl methyl sites for hydroxylation is 2. The van der Waals surface area contributed by atoms with Crippen LogP contribution in [0.5, 0.6) is 0 Å². The minimum atomic E-state index is -3.48. The summed E-state index contributed by atoms with van der Waals surface area (Å²) in [6.45, 7) is 4.96. The van der Waals surface area contributed by atoms with E-state index in [1.807, 2.05) is 12.1 Å². The van der Waals surface area contributed by atoms with E-state index in [1.54, 1.807) is 11.0 Å². The molecule has 5 nitrogen and oxygen atoms in total. The minimum Gasteiger partial charge on any atom is -0.337 e. The normalized spacial score (nSPS) is 19.2. The summed E-state index contributed by atoms with van der Waals surface area (Å²) in [5, 5.41) is 0. The van der Waals surface area contributed by atoms with Crippen LogP contribution in [0, 0.1) is 0 Å². The monoisotopic (exact) mass is 334 g/mol. The lowest BCUT2D eigenvalue weighted by molar-refractivity contribution is -0.127. The Morgan fingerprint density at radius 3 is 2.35 bits per heavy atom. The van der Waals surface area contributed by atoms with Crippen molar-refractivity contribution in [1.82, 2.24) is 9.21 Å². The van der Waals surface area contributed by atoms with E-state index in [0.29, 0.717) is 31.1 Å². The van der Waals surface area contributed by atoms with E-state index in [1.165, 1.54) is 22.4 Å². The number of piperazine rings is 1. The summed E-state index contributed by atoms with van der Waals surface area (Å²) in [6, 6.07) is 5.52. The van der Waals surface area contributed by atoms with Crippen molar-refractivity contribution < 1.29 is 13.2 Å². The van der Waals surface area contributed by atoms with Gasteiger partial charge < -0.3 is 4.90 Å². The zero-order valence-corrected chi connectivity index (χ0v) is 14.0. The van der Waals surface area contributed by atoms with Gasteiger partial charge in [-0.3, -0.25) is 4.79 Å². The van der Waals surface area contributed by atoms with E-state index in [4.69, 9.17) is 0 Å². The summed E-state index contributed by atoms with van der Waals surface area (Å²) in [7, 11) is -3.48.